The maximum atomic E-state index is 12.3. The van der Waals surface area contributed by atoms with Gasteiger partial charge in [0, 0.05) is 31.0 Å². The number of carbonyl (C=O) groups excluding carboxylic acids is 1. The van der Waals surface area contributed by atoms with Crippen molar-refractivity contribution in [2.24, 2.45) is 5.92 Å². The third-order valence-corrected chi connectivity index (χ3v) is 3.96. The molecular formula is C15H20N4O3. The Morgan fingerprint density at radius 2 is 2.41 bits per heavy atom. The van der Waals surface area contributed by atoms with Gasteiger partial charge in [0.2, 0.25) is 0 Å². The lowest BCUT2D eigenvalue weighted by atomic mass is 10.0. The molecule has 0 aliphatic carbocycles. The van der Waals surface area contributed by atoms with Crippen LogP contribution in [0.25, 0.3) is 0 Å². The molecule has 2 atom stereocenters. The summed E-state index contributed by atoms with van der Waals surface area (Å²) in [7, 11) is 0. The summed E-state index contributed by atoms with van der Waals surface area (Å²) in [6.07, 6.45) is 3.21. The number of nitrogens with one attached hydrogen (secondary N) is 2. The number of aryl methyl sites for hydroxylation is 2. The molecule has 3 rings (SSSR count). The molecule has 0 saturated carbocycles. The number of aromatic nitrogens is 3. The second kappa shape index (κ2) is 6.31. The second-order valence-electron chi connectivity index (χ2n) is 5.45. The lowest BCUT2D eigenvalue weighted by molar-refractivity contribution is 0.0613. The Kier molecular flexibility index (Phi) is 4.24. The molecule has 7 heteroatoms. The molecule has 0 unspecified atom stereocenters. The summed E-state index contributed by atoms with van der Waals surface area (Å²) in [4.78, 5) is 19.6. The van der Waals surface area contributed by atoms with Crippen molar-refractivity contribution in [3.8, 4) is 0 Å². The number of aromatic amines is 1. The van der Waals surface area contributed by atoms with E-state index in [-0.39, 0.29) is 17.9 Å². The number of hydrogen-bond acceptors (Lipinski definition) is 5. The molecule has 2 aromatic heterocycles. The van der Waals surface area contributed by atoms with Gasteiger partial charge in [-0.3, -0.25) is 4.79 Å². The van der Waals surface area contributed by atoms with Gasteiger partial charge in [-0.2, -0.15) is 4.98 Å². The highest BCUT2D eigenvalue weighted by atomic mass is 16.5. The normalized spacial score (nSPS) is 21.2. The fraction of sp³-hybridized carbons (Fsp3) is 0.533. The fourth-order valence-corrected chi connectivity index (χ4v) is 2.77. The smallest absolute Gasteiger partial charge is 0.256 e. The second-order valence-corrected chi connectivity index (χ2v) is 5.45. The molecule has 2 N–H and O–H groups in total. The Morgan fingerprint density at radius 1 is 1.55 bits per heavy atom. The van der Waals surface area contributed by atoms with Crippen molar-refractivity contribution in [2.75, 3.05) is 13.2 Å². The molecule has 118 valence electrons. The molecule has 0 radical (unpaired) electrons. The fourth-order valence-electron chi connectivity index (χ4n) is 2.77. The number of ether oxygens (including phenoxy) is 1. The first-order chi connectivity index (χ1) is 10.7. The highest BCUT2D eigenvalue weighted by Crippen LogP contribution is 2.33. The lowest BCUT2D eigenvalue weighted by Gasteiger charge is -2.15. The molecule has 1 aliphatic heterocycles. The molecule has 3 heterocycles. The Morgan fingerprint density at radius 3 is 3.14 bits per heavy atom. The van der Waals surface area contributed by atoms with Crippen LogP contribution in [0.5, 0.6) is 0 Å². The Bertz CT molecular complexity index is 649. The largest absolute Gasteiger partial charge is 0.368 e. The van der Waals surface area contributed by atoms with Crippen LogP contribution < -0.4 is 5.32 Å². The van der Waals surface area contributed by atoms with Crippen LogP contribution in [0.3, 0.4) is 0 Å². The zero-order chi connectivity index (χ0) is 15.5. The number of hydrogen-bond donors (Lipinski definition) is 2. The maximum Gasteiger partial charge on any atom is 0.256 e. The molecule has 0 spiro atoms. The van der Waals surface area contributed by atoms with Crippen molar-refractivity contribution in [3.05, 3.63) is 35.2 Å². The van der Waals surface area contributed by atoms with E-state index < -0.39 is 0 Å². The third kappa shape index (κ3) is 2.89. The van der Waals surface area contributed by atoms with Crippen molar-refractivity contribution in [1.29, 1.82) is 0 Å². The molecule has 1 saturated heterocycles. The number of H-pyrrole nitrogens is 1. The standard InChI is InChI=1S/C15H20N4O3/c1-3-12-11(4-6-16-12)14(20)17-8-10-5-7-21-13(10)15-18-9(2)19-22-15/h4,6,10,13,16H,3,5,7-8H2,1-2H3,(H,17,20)/t10-,13-/m0/s1. The van der Waals surface area contributed by atoms with E-state index in [1.54, 1.807) is 19.2 Å². The predicted molar refractivity (Wildman–Crippen MR) is 78.3 cm³/mol. The summed E-state index contributed by atoms with van der Waals surface area (Å²) in [5, 5.41) is 6.78. The van der Waals surface area contributed by atoms with Gasteiger partial charge < -0.3 is 19.6 Å². The van der Waals surface area contributed by atoms with Gasteiger partial charge in [-0.1, -0.05) is 12.1 Å². The van der Waals surface area contributed by atoms with Gasteiger partial charge in [0.25, 0.3) is 11.8 Å². The van der Waals surface area contributed by atoms with Crippen LogP contribution in [0.15, 0.2) is 16.8 Å². The number of carbonyl (C=O) groups is 1. The quantitative estimate of drug-likeness (QED) is 0.878. The van der Waals surface area contributed by atoms with Gasteiger partial charge in [0.05, 0.1) is 5.56 Å². The van der Waals surface area contributed by atoms with E-state index in [0.29, 0.717) is 30.4 Å². The average molecular weight is 304 g/mol. The van der Waals surface area contributed by atoms with E-state index in [1.807, 2.05) is 6.92 Å². The van der Waals surface area contributed by atoms with E-state index in [0.717, 1.165) is 18.5 Å². The Balaban J connectivity index is 1.62. The molecule has 1 amide bonds. The van der Waals surface area contributed by atoms with Crippen LogP contribution in [0.2, 0.25) is 0 Å². The van der Waals surface area contributed by atoms with Crippen LogP contribution in [0.4, 0.5) is 0 Å². The zero-order valence-electron chi connectivity index (χ0n) is 12.8. The van der Waals surface area contributed by atoms with E-state index in [4.69, 9.17) is 9.26 Å². The van der Waals surface area contributed by atoms with Gasteiger partial charge >= 0.3 is 0 Å². The summed E-state index contributed by atoms with van der Waals surface area (Å²) in [6.45, 7) is 4.95. The first-order valence-electron chi connectivity index (χ1n) is 7.55. The van der Waals surface area contributed by atoms with Crippen LogP contribution in [-0.2, 0) is 11.2 Å². The van der Waals surface area contributed by atoms with Crippen LogP contribution in [-0.4, -0.2) is 34.2 Å². The zero-order valence-corrected chi connectivity index (χ0v) is 12.8. The minimum atomic E-state index is -0.238. The van der Waals surface area contributed by atoms with Crippen molar-refractivity contribution in [1.82, 2.24) is 20.4 Å². The van der Waals surface area contributed by atoms with Crippen LogP contribution in [0, 0.1) is 12.8 Å². The first-order valence-corrected chi connectivity index (χ1v) is 7.55. The first kappa shape index (κ1) is 14.8. The van der Waals surface area contributed by atoms with Gasteiger partial charge in [-0.05, 0) is 25.8 Å². The van der Waals surface area contributed by atoms with Crippen molar-refractivity contribution < 1.29 is 14.1 Å². The van der Waals surface area contributed by atoms with Crippen LogP contribution >= 0.6 is 0 Å². The molecule has 22 heavy (non-hydrogen) atoms. The number of rotatable bonds is 5. The summed E-state index contributed by atoms with van der Waals surface area (Å²) in [5.74, 6) is 1.16. The van der Waals surface area contributed by atoms with Crippen LogP contribution in [0.1, 0.15) is 47.2 Å². The third-order valence-electron chi connectivity index (χ3n) is 3.96. The Hall–Kier alpha value is -2.15. The number of amides is 1. The molecule has 0 bridgehead atoms. The molecular weight excluding hydrogens is 284 g/mol. The number of nitrogens with zero attached hydrogens (tertiary/aromatic N) is 2. The van der Waals surface area contributed by atoms with E-state index in [2.05, 4.69) is 20.4 Å². The summed E-state index contributed by atoms with van der Waals surface area (Å²) in [6, 6.07) is 1.80. The van der Waals surface area contributed by atoms with E-state index in [1.165, 1.54) is 0 Å². The van der Waals surface area contributed by atoms with Crippen molar-refractivity contribution in [2.45, 2.75) is 32.8 Å². The van der Waals surface area contributed by atoms with E-state index in [9.17, 15) is 4.79 Å². The Labute approximate surface area is 128 Å². The summed E-state index contributed by atoms with van der Waals surface area (Å²) >= 11 is 0. The highest BCUT2D eigenvalue weighted by Gasteiger charge is 2.34. The van der Waals surface area contributed by atoms with Crippen molar-refractivity contribution in [3.63, 3.8) is 0 Å². The highest BCUT2D eigenvalue weighted by molar-refractivity contribution is 5.95. The molecule has 7 nitrogen and oxygen atoms in total. The van der Waals surface area contributed by atoms with Crippen molar-refractivity contribution >= 4 is 5.91 Å². The van der Waals surface area contributed by atoms with Gasteiger partial charge in [0.1, 0.15) is 6.10 Å². The predicted octanol–water partition coefficient (Wildman–Crippen LogP) is 1.78. The summed E-state index contributed by atoms with van der Waals surface area (Å²) < 4.78 is 10.9. The van der Waals surface area contributed by atoms with E-state index >= 15 is 0 Å². The molecule has 1 aliphatic rings. The van der Waals surface area contributed by atoms with Gasteiger partial charge in [-0.15, -0.1) is 0 Å². The topological polar surface area (TPSA) is 93.0 Å². The summed E-state index contributed by atoms with van der Waals surface area (Å²) in [5.41, 5.74) is 1.65. The SMILES string of the molecule is CCc1[nH]ccc1C(=O)NC[C@@H]1CCO[C@@H]1c1nc(C)no1. The molecule has 2 aromatic rings. The molecule has 0 aromatic carbocycles. The lowest BCUT2D eigenvalue weighted by Crippen LogP contribution is -2.31. The maximum absolute atomic E-state index is 12.3. The van der Waals surface area contributed by atoms with Gasteiger partial charge in [0.15, 0.2) is 5.82 Å². The minimum Gasteiger partial charge on any atom is -0.368 e. The monoisotopic (exact) mass is 304 g/mol. The average Bonchev–Trinajstić information content (AvgIpc) is 3.24. The molecule has 1 fully saturated rings. The van der Waals surface area contributed by atoms with Gasteiger partial charge in [-0.25, -0.2) is 0 Å². The minimum absolute atomic E-state index is 0.0644.